The monoisotopic (exact) mass is 916 g/mol. The number of aromatic nitrogens is 1. The van der Waals surface area contributed by atoms with Gasteiger partial charge in [-0.15, -0.1) is 0 Å². The molecule has 4 aliphatic rings. The number of hydrogen-bond donors (Lipinski definition) is 0. The molecule has 0 saturated carbocycles. The number of fused-ring (bicyclic) bond motifs is 8. The van der Waals surface area contributed by atoms with Gasteiger partial charge in [-0.2, -0.15) is 0 Å². The zero-order valence-electron chi connectivity index (χ0n) is 41.4. The van der Waals surface area contributed by atoms with E-state index in [0.29, 0.717) is 0 Å². The van der Waals surface area contributed by atoms with Crippen molar-refractivity contribution in [3.63, 3.8) is 0 Å². The minimum atomic E-state index is -0.0198. The van der Waals surface area contributed by atoms with E-state index in [9.17, 15) is 0 Å². The third-order valence-corrected chi connectivity index (χ3v) is 15.4. The van der Waals surface area contributed by atoms with E-state index >= 15 is 0 Å². The maximum atomic E-state index is 2.62. The summed E-state index contributed by atoms with van der Waals surface area (Å²) in [6.07, 6.45) is 12.6. The van der Waals surface area contributed by atoms with Crippen molar-refractivity contribution in [2.24, 2.45) is 5.92 Å². The molecule has 0 radical (unpaired) electrons. The average Bonchev–Trinajstić information content (AvgIpc) is 3.81. The van der Waals surface area contributed by atoms with Crippen LogP contribution in [0.3, 0.4) is 0 Å². The molecule has 1 unspecified atom stereocenters. The minimum absolute atomic E-state index is 0.0198. The highest BCUT2D eigenvalue weighted by molar-refractivity contribution is 6.95. The second kappa shape index (κ2) is 16.3. The Morgan fingerprint density at radius 1 is 0.493 bits per heavy atom. The number of allylic oxidation sites excluding steroid dienone is 7. The van der Waals surface area contributed by atoms with Crippen molar-refractivity contribution in [1.82, 2.24) is 4.57 Å². The summed E-state index contributed by atoms with van der Waals surface area (Å²) in [6.45, 7) is 13.7. The van der Waals surface area contributed by atoms with Crippen LogP contribution in [0.1, 0.15) is 59.1 Å². The van der Waals surface area contributed by atoms with Crippen molar-refractivity contribution >= 4 is 84.9 Å². The average molecular weight is 917 g/mol. The number of nitrogens with zero attached hydrogens (tertiary/aromatic N) is 4. The van der Waals surface area contributed by atoms with Crippen molar-refractivity contribution in [2.75, 3.05) is 14.7 Å². The highest BCUT2D eigenvalue weighted by Crippen LogP contribution is 2.52. The standard InChI is InChI=1S/C66H57BN4/c1-65(2,3)45-30-34-49(35-31-45)68(50-36-32-46(33-37-50)66(4,5)6)51-38-39-56-60(41-51)69(47-21-11-8-12-22-47)61-42-52(70-58-28-18-16-26-54(58)55-27-17-19-29-59(55)70)43-62-63(61)67(56)57-40-44-20-10-7-15-25-53(44)64(57)71(62)48-23-13-9-14-24-48/h7-24,26-43,53H,25H2,1-6H3. The molecular weight excluding hydrogens is 860 g/mol. The van der Waals surface area contributed by atoms with Crippen LogP contribution in [0.25, 0.3) is 27.5 Å². The van der Waals surface area contributed by atoms with Crippen molar-refractivity contribution in [1.29, 1.82) is 0 Å². The first-order chi connectivity index (χ1) is 34.5. The van der Waals surface area contributed by atoms with Gasteiger partial charge in [-0.1, -0.05) is 175 Å². The summed E-state index contributed by atoms with van der Waals surface area (Å²) in [6, 6.07) is 70.7. The van der Waals surface area contributed by atoms with Crippen LogP contribution in [0.15, 0.2) is 235 Å². The molecule has 71 heavy (non-hydrogen) atoms. The Bertz CT molecular complexity index is 3580. The van der Waals surface area contributed by atoms with Crippen LogP contribution in [0.4, 0.5) is 45.5 Å². The van der Waals surface area contributed by atoms with E-state index in [4.69, 9.17) is 0 Å². The molecule has 2 aliphatic heterocycles. The topological polar surface area (TPSA) is 14.7 Å². The molecule has 0 bridgehead atoms. The van der Waals surface area contributed by atoms with E-state index in [0.717, 1.165) is 34.9 Å². The van der Waals surface area contributed by atoms with Gasteiger partial charge in [0.2, 0.25) is 0 Å². The number of anilines is 8. The van der Waals surface area contributed by atoms with E-state index in [1.807, 2.05) is 0 Å². The van der Waals surface area contributed by atoms with Crippen molar-refractivity contribution < 1.29 is 0 Å². The van der Waals surface area contributed by atoms with Gasteiger partial charge in [-0.3, -0.25) is 0 Å². The van der Waals surface area contributed by atoms with Gasteiger partial charge in [0.25, 0.3) is 6.71 Å². The summed E-state index contributed by atoms with van der Waals surface area (Å²) in [7, 11) is 0. The Balaban J connectivity index is 1.12. The summed E-state index contributed by atoms with van der Waals surface area (Å²) in [5, 5.41) is 2.50. The highest BCUT2D eigenvalue weighted by atomic mass is 15.2. The lowest BCUT2D eigenvalue weighted by atomic mass is 9.33. The first kappa shape index (κ1) is 43.0. The molecule has 1 atom stereocenters. The van der Waals surface area contributed by atoms with Gasteiger partial charge >= 0.3 is 0 Å². The fourth-order valence-corrected chi connectivity index (χ4v) is 11.9. The maximum absolute atomic E-state index is 2.62. The van der Waals surface area contributed by atoms with E-state index in [1.54, 1.807) is 0 Å². The van der Waals surface area contributed by atoms with Gasteiger partial charge in [-0.25, -0.2) is 0 Å². The molecule has 5 heteroatoms. The third-order valence-electron chi connectivity index (χ3n) is 15.4. The number of rotatable bonds is 6. The van der Waals surface area contributed by atoms with E-state index in [2.05, 4.69) is 279 Å². The summed E-state index contributed by atoms with van der Waals surface area (Å²) >= 11 is 0. The van der Waals surface area contributed by atoms with E-state index < -0.39 is 0 Å². The summed E-state index contributed by atoms with van der Waals surface area (Å²) in [5.41, 5.74) is 22.2. The predicted octanol–water partition coefficient (Wildman–Crippen LogP) is 16.3. The predicted molar refractivity (Wildman–Crippen MR) is 303 cm³/mol. The molecular formula is C66H57BN4. The second-order valence-corrected chi connectivity index (χ2v) is 21.8. The lowest BCUT2D eigenvalue weighted by Gasteiger charge is -2.45. The largest absolute Gasteiger partial charge is 0.314 e. The quantitative estimate of drug-likeness (QED) is 0.155. The normalized spacial score (nSPS) is 15.9. The minimum Gasteiger partial charge on any atom is -0.314 e. The molecule has 8 aromatic carbocycles. The van der Waals surface area contributed by atoms with Gasteiger partial charge in [-0.05, 0) is 135 Å². The molecule has 2 aliphatic carbocycles. The van der Waals surface area contributed by atoms with E-state index in [1.165, 1.54) is 83.4 Å². The van der Waals surface area contributed by atoms with Crippen LogP contribution in [0, 0.1) is 5.92 Å². The molecule has 9 aromatic rings. The fraction of sp³-hybridized carbons (Fsp3) is 0.152. The Hall–Kier alpha value is -8.02. The van der Waals surface area contributed by atoms with Crippen LogP contribution < -0.4 is 25.6 Å². The van der Waals surface area contributed by atoms with Gasteiger partial charge in [0.05, 0.1) is 16.7 Å². The first-order valence-corrected chi connectivity index (χ1v) is 25.3. The number of para-hydroxylation sites is 4. The van der Waals surface area contributed by atoms with Crippen LogP contribution in [0.2, 0.25) is 0 Å². The zero-order chi connectivity index (χ0) is 48.2. The lowest BCUT2D eigenvalue weighted by Crippen LogP contribution is -2.55. The summed E-state index contributed by atoms with van der Waals surface area (Å²) in [4.78, 5) is 7.63. The second-order valence-electron chi connectivity index (χ2n) is 21.8. The summed E-state index contributed by atoms with van der Waals surface area (Å²) in [5.74, 6) is 0.200. The van der Waals surface area contributed by atoms with Gasteiger partial charge < -0.3 is 19.3 Å². The molecule has 3 heterocycles. The van der Waals surface area contributed by atoms with Crippen molar-refractivity contribution in [3.05, 3.63) is 246 Å². The molecule has 4 nitrogen and oxygen atoms in total. The van der Waals surface area contributed by atoms with E-state index in [-0.39, 0.29) is 23.5 Å². The first-order valence-electron chi connectivity index (χ1n) is 25.3. The van der Waals surface area contributed by atoms with Crippen LogP contribution >= 0.6 is 0 Å². The zero-order valence-corrected chi connectivity index (χ0v) is 41.4. The van der Waals surface area contributed by atoms with Crippen molar-refractivity contribution in [2.45, 2.75) is 58.8 Å². The molecule has 0 saturated heterocycles. The maximum Gasteiger partial charge on any atom is 0.251 e. The smallest absolute Gasteiger partial charge is 0.251 e. The van der Waals surface area contributed by atoms with Crippen LogP contribution in [-0.2, 0) is 10.8 Å². The third kappa shape index (κ3) is 6.96. The van der Waals surface area contributed by atoms with Gasteiger partial charge in [0.15, 0.2) is 0 Å². The molecule has 0 spiro atoms. The van der Waals surface area contributed by atoms with Crippen molar-refractivity contribution in [3.8, 4) is 5.69 Å². The fourth-order valence-electron chi connectivity index (χ4n) is 11.9. The highest BCUT2D eigenvalue weighted by Gasteiger charge is 2.48. The molecule has 13 rings (SSSR count). The Labute approximate surface area is 418 Å². The Kier molecular flexibility index (Phi) is 9.87. The number of benzene rings is 8. The van der Waals surface area contributed by atoms with Crippen LogP contribution in [0.5, 0.6) is 0 Å². The SMILES string of the molecule is CC(C)(C)c1ccc(N(c2ccc(C(C)(C)C)cc2)c2ccc3c(c2)N(c2ccccc2)c2cc(-n4c5ccccc5c5ccccc54)cc4c2B3C2=C(C3CC=CC=CC3=C2)N4c2ccccc2)cc1. The van der Waals surface area contributed by atoms with Gasteiger partial charge in [0.1, 0.15) is 0 Å². The Morgan fingerprint density at radius 3 is 1.59 bits per heavy atom. The molecule has 0 amide bonds. The van der Waals surface area contributed by atoms with Gasteiger partial charge in [0, 0.05) is 67.9 Å². The molecule has 0 N–H and O–H groups in total. The lowest BCUT2D eigenvalue weighted by molar-refractivity contribution is 0.590. The Morgan fingerprint density at radius 2 is 1.01 bits per heavy atom. The molecule has 1 aromatic heterocycles. The molecule has 0 fully saturated rings. The molecule has 344 valence electrons. The summed E-state index contributed by atoms with van der Waals surface area (Å²) < 4.78 is 2.50. The van der Waals surface area contributed by atoms with Crippen LogP contribution in [-0.4, -0.2) is 11.3 Å². The number of hydrogen-bond acceptors (Lipinski definition) is 3.